The van der Waals surface area contributed by atoms with Crippen molar-refractivity contribution in [2.75, 3.05) is 18.2 Å². The molecule has 9 nitrogen and oxygen atoms in total. The Bertz CT molecular complexity index is 1160. The molecule has 1 atom stereocenters. The predicted molar refractivity (Wildman–Crippen MR) is 109 cm³/mol. The SMILES string of the molecule is Cc1nc(-c2cccc(N3C[C@@H](C(=O)NCc4ccc5c(c4)OCO5)CC3=O)c2)no1. The standard InChI is InChI=1S/C22H20N4O5/c1-13-24-21(25-31-13)15-3-2-4-17(8-15)26-11-16(9-20(26)27)22(28)23-10-14-5-6-18-19(7-14)30-12-29-18/h2-8,16H,9-12H2,1H3,(H,23,28)/t16-/m0/s1. The zero-order chi connectivity index (χ0) is 21.4. The maximum atomic E-state index is 12.7. The lowest BCUT2D eigenvalue weighted by Gasteiger charge is -2.17. The maximum absolute atomic E-state index is 12.7. The van der Waals surface area contributed by atoms with Gasteiger partial charge in [0, 0.05) is 37.7 Å². The smallest absolute Gasteiger partial charge is 0.231 e. The van der Waals surface area contributed by atoms with Crippen LogP contribution in [0.1, 0.15) is 17.9 Å². The molecular weight excluding hydrogens is 400 g/mol. The zero-order valence-corrected chi connectivity index (χ0v) is 16.8. The molecule has 0 radical (unpaired) electrons. The highest BCUT2D eigenvalue weighted by Crippen LogP contribution is 2.32. The van der Waals surface area contributed by atoms with Gasteiger partial charge in [-0.1, -0.05) is 23.4 Å². The molecule has 158 valence electrons. The summed E-state index contributed by atoms with van der Waals surface area (Å²) < 4.78 is 15.7. The van der Waals surface area contributed by atoms with E-state index in [0.717, 1.165) is 11.1 Å². The van der Waals surface area contributed by atoms with Gasteiger partial charge in [0.2, 0.25) is 30.3 Å². The first-order valence-electron chi connectivity index (χ1n) is 9.94. The van der Waals surface area contributed by atoms with Gasteiger partial charge < -0.3 is 24.2 Å². The number of aryl methyl sites for hydroxylation is 1. The van der Waals surface area contributed by atoms with Gasteiger partial charge in [-0.05, 0) is 29.8 Å². The third-order valence-corrected chi connectivity index (χ3v) is 5.34. The van der Waals surface area contributed by atoms with Crippen molar-refractivity contribution in [2.45, 2.75) is 19.9 Å². The minimum atomic E-state index is -0.419. The van der Waals surface area contributed by atoms with Crippen molar-refractivity contribution in [3.8, 4) is 22.9 Å². The van der Waals surface area contributed by atoms with Crippen molar-refractivity contribution >= 4 is 17.5 Å². The van der Waals surface area contributed by atoms with E-state index >= 15 is 0 Å². The molecule has 1 saturated heterocycles. The second-order valence-corrected chi connectivity index (χ2v) is 7.50. The van der Waals surface area contributed by atoms with Gasteiger partial charge in [-0.25, -0.2) is 0 Å². The minimum Gasteiger partial charge on any atom is -0.454 e. The first kappa shape index (κ1) is 19.1. The average molecular weight is 420 g/mol. The number of ether oxygens (including phenoxy) is 2. The molecule has 31 heavy (non-hydrogen) atoms. The van der Waals surface area contributed by atoms with Gasteiger partial charge in [-0.2, -0.15) is 4.98 Å². The van der Waals surface area contributed by atoms with Crippen molar-refractivity contribution in [1.29, 1.82) is 0 Å². The first-order valence-corrected chi connectivity index (χ1v) is 9.94. The van der Waals surface area contributed by atoms with Gasteiger partial charge in [0.15, 0.2) is 11.5 Å². The summed E-state index contributed by atoms with van der Waals surface area (Å²) in [6.07, 6.45) is 0.165. The minimum absolute atomic E-state index is 0.0929. The summed E-state index contributed by atoms with van der Waals surface area (Å²) in [4.78, 5) is 31.1. The molecule has 3 heterocycles. The molecule has 0 unspecified atom stereocenters. The fourth-order valence-electron chi connectivity index (χ4n) is 3.75. The summed E-state index contributed by atoms with van der Waals surface area (Å²) in [5.74, 6) is 1.64. The van der Waals surface area contributed by atoms with Gasteiger partial charge in [-0.15, -0.1) is 0 Å². The summed E-state index contributed by atoms with van der Waals surface area (Å²) >= 11 is 0. The lowest BCUT2D eigenvalue weighted by molar-refractivity contribution is -0.126. The molecule has 2 amide bonds. The molecule has 0 spiro atoms. The molecule has 0 bridgehead atoms. The monoisotopic (exact) mass is 420 g/mol. The lowest BCUT2D eigenvalue weighted by Crippen LogP contribution is -2.32. The molecular formula is C22H20N4O5. The predicted octanol–water partition coefficient (Wildman–Crippen LogP) is 2.44. The molecule has 1 aromatic heterocycles. The molecule has 2 aliphatic rings. The number of anilines is 1. The topological polar surface area (TPSA) is 107 Å². The lowest BCUT2D eigenvalue weighted by atomic mass is 10.1. The fourth-order valence-corrected chi connectivity index (χ4v) is 3.75. The number of nitrogens with one attached hydrogen (secondary N) is 1. The van der Waals surface area contributed by atoms with Crippen LogP contribution in [0.2, 0.25) is 0 Å². The molecule has 2 aromatic carbocycles. The van der Waals surface area contributed by atoms with Gasteiger partial charge in [0.05, 0.1) is 5.92 Å². The van der Waals surface area contributed by atoms with Crippen LogP contribution in [0.5, 0.6) is 11.5 Å². The molecule has 0 saturated carbocycles. The highest BCUT2D eigenvalue weighted by Gasteiger charge is 2.35. The van der Waals surface area contributed by atoms with Crippen LogP contribution >= 0.6 is 0 Å². The summed E-state index contributed by atoms with van der Waals surface area (Å²) in [6, 6.07) is 12.9. The molecule has 1 N–H and O–H groups in total. The Morgan fingerprint density at radius 1 is 1.19 bits per heavy atom. The molecule has 2 aliphatic heterocycles. The number of nitrogens with zero attached hydrogens (tertiary/aromatic N) is 3. The van der Waals surface area contributed by atoms with Gasteiger partial charge in [-0.3, -0.25) is 9.59 Å². The van der Waals surface area contributed by atoms with Crippen LogP contribution in [0.25, 0.3) is 11.4 Å². The van der Waals surface area contributed by atoms with Crippen LogP contribution in [0.3, 0.4) is 0 Å². The van der Waals surface area contributed by atoms with E-state index in [2.05, 4.69) is 15.5 Å². The normalized spacial score (nSPS) is 17.3. The Kier molecular flexibility index (Phi) is 4.78. The number of benzene rings is 2. The van der Waals surface area contributed by atoms with E-state index in [9.17, 15) is 9.59 Å². The van der Waals surface area contributed by atoms with Crippen LogP contribution in [0.4, 0.5) is 5.69 Å². The van der Waals surface area contributed by atoms with Crippen LogP contribution in [-0.4, -0.2) is 35.3 Å². The molecule has 9 heteroatoms. The van der Waals surface area contributed by atoms with Gasteiger partial charge >= 0.3 is 0 Å². The number of rotatable bonds is 5. The van der Waals surface area contributed by atoms with E-state index in [-0.39, 0.29) is 25.0 Å². The molecule has 3 aromatic rings. The van der Waals surface area contributed by atoms with Gasteiger partial charge in [0.1, 0.15) is 0 Å². The maximum Gasteiger partial charge on any atom is 0.231 e. The van der Waals surface area contributed by atoms with Crippen LogP contribution in [0.15, 0.2) is 47.0 Å². The number of hydrogen-bond acceptors (Lipinski definition) is 7. The van der Waals surface area contributed by atoms with Crippen molar-refractivity contribution < 1.29 is 23.6 Å². The number of carbonyl (C=O) groups is 2. The molecule has 1 fully saturated rings. The Labute approximate surface area is 177 Å². The summed E-state index contributed by atoms with van der Waals surface area (Å²) in [5.41, 5.74) is 2.36. The van der Waals surface area contributed by atoms with E-state index < -0.39 is 5.92 Å². The van der Waals surface area contributed by atoms with Crippen molar-refractivity contribution in [1.82, 2.24) is 15.5 Å². The van der Waals surface area contributed by atoms with Crippen molar-refractivity contribution in [3.05, 3.63) is 53.9 Å². The second-order valence-electron chi connectivity index (χ2n) is 7.50. The zero-order valence-electron chi connectivity index (χ0n) is 16.8. The third kappa shape index (κ3) is 3.81. The number of carbonyl (C=O) groups excluding carboxylic acids is 2. The quantitative estimate of drug-likeness (QED) is 0.676. The molecule has 0 aliphatic carbocycles. The van der Waals surface area contributed by atoms with Gasteiger partial charge in [0.25, 0.3) is 0 Å². The summed E-state index contributed by atoms with van der Waals surface area (Å²) in [6.45, 7) is 2.60. The number of hydrogen-bond donors (Lipinski definition) is 1. The van der Waals surface area contributed by atoms with E-state index in [1.165, 1.54) is 0 Å². The summed E-state index contributed by atoms with van der Waals surface area (Å²) in [7, 11) is 0. The summed E-state index contributed by atoms with van der Waals surface area (Å²) in [5, 5.41) is 6.84. The largest absolute Gasteiger partial charge is 0.454 e. The average Bonchev–Trinajstić information content (AvgIpc) is 3.51. The van der Waals surface area contributed by atoms with Crippen LogP contribution in [-0.2, 0) is 16.1 Å². The van der Waals surface area contributed by atoms with Crippen LogP contribution < -0.4 is 19.7 Å². The molecule has 5 rings (SSSR count). The number of aromatic nitrogens is 2. The Balaban J connectivity index is 1.24. The van der Waals surface area contributed by atoms with Crippen LogP contribution in [0, 0.1) is 12.8 Å². The highest BCUT2D eigenvalue weighted by atomic mass is 16.7. The van der Waals surface area contributed by atoms with Crippen molar-refractivity contribution in [3.63, 3.8) is 0 Å². The first-order chi connectivity index (χ1) is 15.1. The van der Waals surface area contributed by atoms with E-state index in [1.54, 1.807) is 11.8 Å². The van der Waals surface area contributed by atoms with E-state index in [1.807, 2.05) is 42.5 Å². The number of fused-ring (bicyclic) bond motifs is 1. The third-order valence-electron chi connectivity index (χ3n) is 5.34. The Morgan fingerprint density at radius 3 is 2.90 bits per heavy atom. The van der Waals surface area contributed by atoms with Crippen molar-refractivity contribution in [2.24, 2.45) is 5.92 Å². The second kappa shape index (κ2) is 7.75. The number of amides is 2. The van der Waals surface area contributed by atoms with E-state index in [0.29, 0.717) is 42.0 Å². The fraction of sp³-hybridized carbons (Fsp3) is 0.273. The Morgan fingerprint density at radius 2 is 2.06 bits per heavy atom. The highest BCUT2D eigenvalue weighted by molar-refractivity contribution is 6.00. The van der Waals surface area contributed by atoms with E-state index in [4.69, 9.17) is 14.0 Å². The Hall–Kier alpha value is -3.88.